The first-order valence-corrected chi connectivity index (χ1v) is 6.64. The molecule has 1 amide bonds. The van der Waals surface area contributed by atoms with Crippen LogP contribution in [0.15, 0.2) is 24.3 Å². The summed E-state index contributed by atoms with van der Waals surface area (Å²) in [4.78, 5) is 15.5. The Morgan fingerprint density at radius 3 is 3.06 bits per heavy atom. The van der Waals surface area contributed by atoms with Gasteiger partial charge < -0.3 is 0 Å². The number of nitrogens with zero attached hydrogens (tertiary/aromatic N) is 1. The van der Waals surface area contributed by atoms with Gasteiger partial charge in [0.1, 0.15) is 0 Å². The number of hydrogen-bond acceptors (Lipinski definition) is 5. The summed E-state index contributed by atoms with van der Waals surface area (Å²) in [5, 5.41) is 0.605. The number of thiazole rings is 1. The van der Waals surface area contributed by atoms with E-state index in [-0.39, 0.29) is 5.24 Å². The maximum Gasteiger partial charge on any atom is 0.297 e. The van der Waals surface area contributed by atoms with Crippen molar-refractivity contribution >= 4 is 43.7 Å². The molecule has 0 bridgehead atoms. The number of carbonyl (C=O) groups excluding carboxylic acids is 1. The van der Waals surface area contributed by atoms with Gasteiger partial charge in [-0.2, -0.15) is 0 Å². The Balaban J connectivity index is 2.02. The third-order valence-corrected chi connectivity index (χ3v) is 3.45. The molecule has 0 aliphatic heterocycles. The number of anilines is 1. The molecule has 84 valence electrons. The molecule has 4 nitrogen and oxygen atoms in total. The van der Waals surface area contributed by atoms with E-state index in [0.717, 1.165) is 16.0 Å². The number of benzene rings is 1. The molecule has 0 atom stereocenters. The van der Waals surface area contributed by atoms with Crippen LogP contribution in [0.2, 0.25) is 0 Å². The molecule has 6 heteroatoms. The largest absolute Gasteiger partial charge is 0.297 e. The number of rotatable bonds is 3. The fourth-order valence-electron chi connectivity index (χ4n) is 1.20. The minimum atomic E-state index is -0.0956. The summed E-state index contributed by atoms with van der Waals surface area (Å²) in [5.74, 6) is 0.757. The summed E-state index contributed by atoms with van der Waals surface area (Å²) in [6.45, 7) is 1.93. The number of aromatic nitrogens is 1. The van der Waals surface area contributed by atoms with Crippen molar-refractivity contribution in [3.63, 3.8) is 0 Å². The van der Waals surface area contributed by atoms with Crippen molar-refractivity contribution in [1.29, 1.82) is 0 Å². The molecule has 0 saturated carbocycles. The quantitative estimate of drug-likeness (QED) is 0.825. The van der Waals surface area contributed by atoms with Gasteiger partial charge >= 0.3 is 0 Å². The summed E-state index contributed by atoms with van der Waals surface area (Å²) in [5.41, 5.74) is 6.33. The first kappa shape index (κ1) is 11.2. The zero-order chi connectivity index (χ0) is 11.4. The fraction of sp³-hybridized carbons (Fsp3) is 0.200. The average Bonchev–Trinajstić information content (AvgIpc) is 2.69. The summed E-state index contributed by atoms with van der Waals surface area (Å²) in [6.07, 6.45) is 0. The van der Waals surface area contributed by atoms with E-state index in [4.69, 9.17) is 0 Å². The van der Waals surface area contributed by atoms with Gasteiger partial charge in [0.15, 0.2) is 0 Å². The van der Waals surface area contributed by atoms with Crippen molar-refractivity contribution < 1.29 is 4.79 Å². The molecular formula is C10H11N3OS2. The van der Waals surface area contributed by atoms with E-state index in [9.17, 15) is 4.79 Å². The monoisotopic (exact) mass is 253 g/mol. The van der Waals surface area contributed by atoms with E-state index in [1.807, 2.05) is 31.2 Å². The second-order valence-electron chi connectivity index (χ2n) is 2.96. The second-order valence-corrected chi connectivity index (χ2v) is 5.22. The lowest BCUT2D eigenvalue weighted by Gasteiger charge is -2.02. The van der Waals surface area contributed by atoms with Crippen LogP contribution in [0.25, 0.3) is 10.2 Å². The Kier molecular flexibility index (Phi) is 3.63. The lowest BCUT2D eigenvalue weighted by atomic mass is 10.3. The molecule has 1 heterocycles. The highest BCUT2D eigenvalue weighted by Crippen LogP contribution is 2.24. The molecule has 2 aromatic rings. The Morgan fingerprint density at radius 2 is 2.31 bits per heavy atom. The summed E-state index contributed by atoms with van der Waals surface area (Å²) in [6, 6.07) is 7.85. The molecule has 1 aromatic carbocycles. The maximum atomic E-state index is 11.2. The molecule has 0 unspecified atom stereocenters. The van der Waals surface area contributed by atoms with Crippen molar-refractivity contribution in [2.75, 3.05) is 11.2 Å². The normalized spacial score (nSPS) is 10.3. The number of fused-ring (bicyclic) bond motifs is 1. The van der Waals surface area contributed by atoms with Crippen LogP contribution in [0.1, 0.15) is 6.92 Å². The number of hydrogen-bond donors (Lipinski definition) is 2. The van der Waals surface area contributed by atoms with Crippen LogP contribution >= 0.6 is 23.1 Å². The first-order chi connectivity index (χ1) is 7.79. The smallest absolute Gasteiger partial charge is 0.272 e. The van der Waals surface area contributed by atoms with Crippen LogP contribution in [-0.4, -0.2) is 16.0 Å². The predicted molar refractivity (Wildman–Crippen MR) is 69.9 cm³/mol. The molecule has 1 aromatic heterocycles. The molecule has 0 fully saturated rings. The average molecular weight is 253 g/mol. The minimum absolute atomic E-state index is 0.0956. The van der Waals surface area contributed by atoms with Gasteiger partial charge in [-0.1, -0.05) is 42.2 Å². The van der Waals surface area contributed by atoms with E-state index in [1.165, 1.54) is 23.1 Å². The highest BCUT2D eigenvalue weighted by molar-refractivity contribution is 8.13. The SMILES string of the molecule is CCSC(=O)NNc1nc2ccccc2s1. The maximum absolute atomic E-state index is 11.2. The Morgan fingerprint density at radius 1 is 1.50 bits per heavy atom. The molecule has 0 radical (unpaired) electrons. The summed E-state index contributed by atoms with van der Waals surface area (Å²) < 4.78 is 1.10. The van der Waals surface area contributed by atoms with Gasteiger partial charge in [-0.3, -0.25) is 15.6 Å². The molecule has 0 spiro atoms. The Labute approximate surface area is 101 Å². The second kappa shape index (κ2) is 5.18. The van der Waals surface area contributed by atoms with Crippen molar-refractivity contribution in [1.82, 2.24) is 10.4 Å². The molecule has 0 aliphatic rings. The minimum Gasteiger partial charge on any atom is -0.272 e. The van der Waals surface area contributed by atoms with E-state index in [1.54, 1.807) is 0 Å². The Hall–Kier alpha value is -1.27. The standard InChI is InChI=1S/C10H11N3OS2/c1-2-15-10(14)13-12-9-11-7-5-3-4-6-8(7)16-9/h3-6H,2H2,1H3,(H,11,12)(H,13,14). The van der Waals surface area contributed by atoms with Gasteiger partial charge in [0.05, 0.1) is 10.2 Å². The molecule has 2 rings (SSSR count). The lowest BCUT2D eigenvalue weighted by molar-refractivity contribution is 0.262. The molecule has 2 N–H and O–H groups in total. The van der Waals surface area contributed by atoms with Crippen molar-refractivity contribution in [2.24, 2.45) is 0 Å². The van der Waals surface area contributed by atoms with Gasteiger partial charge in [-0.05, 0) is 17.9 Å². The van der Waals surface area contributed by atoms with Crippen LogP contribution in [0.3, 0.4) is 0 Å². The van der Waals surface area contributed by atoms with Gasteiger partial charge in [0, 0.05) is 0 Å². The number of hydrazine groups is 1. The number of thioether (sulfide) groups is 1. The van der Waals surface area contributed by atoms with Crippen LogP contribution in [-0.2, 0) is 0 Å². The van der Waals surface area contributed by atoms with E-state index < -0.39 is 0 Å². The fourth-order valence-corrected chi connectivity index (χ4v) is 2.40. The summed E-state index contributed by atoms with van der Waals surface area (Å²) >= 11 is 2.73. The van der Waals surface area contributed by atoms with Gasteiger partial charge in [0.25, 0.3) is 5.24 Å². The summed E-state index contributed by atoms with van der Waals surface area (Å²) in [7, 11) is 0. The van der Waals surface area contributed by atoms with Crippen molar-refractivity contribution in [3.05, 3.63) is 24.3 Å². The number of carbonyl (C=O) groups is 1. The number of nitrogens with one attached hydrogen (secondary N) is 2. The van der Waals surface area contributed by atoms with Crippen molar-refractivity contribution in [2.45, 2.75) is 6.92 Å². The highest BCUT2D eigenvalue weighted by Gasteiger charge is 2.03. The highest BCUT2D eigenvalue weighted by atomic mass is 32.2. The lowest BCUT2D eigenvalue weighted by Crippen LogP contribution is -2.25. The van der Waals surface area contributed by atoms with Gasteiger partial charge in [-0.15, -0.1) is 0 Å². The Bertz CT molecular complexity index is 465. The van der Waals surface area contributed by atoms with Gasteiger partial charge in [-0.25, -0.2) is 4.98 Å². The van der Waals surface area contributed by atoms with E-state index in [0.29, 0.717) is 5.13 Å². The van der Waals surface area contributed by atoms with E-state index in [2.05, 4.69) is 15.8 Å². The van der Waals surface area contributed by atoms with Crippen LogP contribution in [0.5, 0.6) is 0 Å². The van der Waals surface area contributed by atoms with E-state index >= 15 is 0 Å². The third-order valence-electron chi connectivity index (χ3n) is 1.84. The molecule has 0 saturated heterocycles. The first-order valence-electron chi connectivity index (χ1n) is 4.84. The number of para-hydroxylation sites is 1. The number of amides is 1. The zero-order valence-electron chi connectivity index (χ0n) is 8.69. The van der Waals surface area contributed by atoms with Gasteiger partial charge in [0.2, 0.25) is 5.13 Å². The van der Waals surface area contributed by atoms with Crippen LogP contribution in [0, 0.1) is 0 Å². The topological polar surface area (TPSA) is 54.0 Å². The third kappa shape index (κ3) is 2.65. The van der Waals surface area contributed by atoms with Crippen molar-refractivity contribution in [3.8, 4) is 0 Å². The van der Waals surface area contributed by atoms with Crippen LogP contribution < -0.4 is 10.9 Å². The molecule has 16 heavy (non-hydrogen) atoms. The molecule has 0 aliphatic carbocycles. The predicted octanol–water partition coefficient (Wildman–Crippen LogP) is 3.09. The zero-order valence-corrected chi connectivity index (χ0v) is 10.3. The molecular weight excluding hydrogens is 242 g/mol. The van der Waals surface area contributed by atoms with Crippen LogP contribution in [0.4, 0.5) is 9.93 Å².